The van der Waals surface area contributed by atoms with E-state index >= 15 is 0 Å². The molecule has 3 aromatic heterocycles. The van der Waals surface area contributed by atoms with Crippen molar-refractivity contribution < 1.29 is 13.9 Å². The van der Waals surface area contributed by atoms with Crippen LogP contribution in [0.2, 0.25) is 0 Å². The van der Waals surface area contributed by atoms with Crippen LogP contribution in [0.4, 0.5) is 4.39 Å². The maximum atomic E-state index is 13.6. The SMILES string of the molecule is COc1ccc(-c2ccc3c(n2)sc2c4c(c(=O)[nH]c23)C(c2ccc(F)cc2)C(C#N)=C(N)O4)cc1. The topological polar surface area (TPSA) is 114 Å². The smallest absolute Gasteiger partial charge is 0.256 e. The Morgan fingerprint density at radius 1 is 1.14 bits per heavy atom. The number of halogens is 1. The Kier molecular flexibility index (Phi) is 4.98. The van der Waals surface area contributed by atoms with Crippen LogP contribution in [0.3, 0.4) is 0 Å². The molecule has 3 N–H and O–H groups in total. The number of fused-ring (bicyclic) bond motifs is 5. The summed E-state index contributed by atoms with van der Waals surface area (Å²) in [6.45, 7) is 0. The lowest BCUT2D eigenvalue weighted by Gasteiger charge is -2.25. The van der Waals surface area contributed by atoms with E-state index in [9.17, 15) is 14.4 Å². The van der Waals surface area contributed by atoms with Gasteiger partial charge in [-0.3, -0.25) is 4.79 Å². The van der Waals surface area contributed by atoms with E-state index in [1.807, 2.05) is 36.4 Å². The number of benzene rings is 2. The Bertz CT molecular complexity index is 1800. The van der Waals surface area contributed by atoms with E-state index in [0.717, 1.165) is 22.4 Å². The lowest BCUT2D eigenvalue weighted by Crippen LogP contribution is -2.27. The molecule has 0 saturated carbocycles. The molecular formula is C27H17FN4O3S. The summed E-state index contributed by atoms with van der Waals surface area (Å²) in [6, 6.07) is 19.1. The molecule has 1 atom stereocenters. The highest BCUT2D eigenvalue weighted by Gasteiger charge is 2.35. The monoisotopic (exact) mass is 496 g/mol. The predicted molar refractivity (Wildman–Crippen MR) is 135 cm³/mol. The molecule has 176 valence electrons. The van der Waals surface area contributed by atoms with E-state index < -0.39 is 17.3 Å². The number of H-pyrrole nitrogens is 1. The van der Waals surface area contributed by atoms with Gasteiger partial charge in [0.05, 0.1) is 34.5 Å². The van der Waals surface area contributed by atoms with Crippen molar-refractivity contribution in [2.45, 2.75) is 5.92 Å². The number of allylic oxidation sites excluding steroid dienone is 1. The molecule has 0 radical (unpaired) electrons. The number of thiophene rings is 1. The summed E-state index contributed by atoms with van der Waals surface area (Å²) in [5, 5.41) is 10.6. The lowest BCUT2D eigenvalue weighted by molar-refractivity contribution is 0.397. The summed E-state index contributed by atoms with van der Waals surface area (Å²) < 4.78 is 25.4. The number of pyridine rings is 2. The van der Waals surface area contributed by atoms with E-state index in [0.29, 0.717) is 20.6 Å². The number of nitrogens with two attached hydrogens (primary N) is 1. The largest absolute Gasteiger partial charge is 0.497 e. The normalized spacial score (nSPS) is 15.0. The van der Waals surface area contributed by atoms with Gasteiger partial charge in [-0.15, -0.1) is 11.3 Å². The lowest BCUT2D eigenvalue weighted by atomic mass is 9.84. The van der Waals surface area contributed by atoms with Crippen molar-refractivity contribution in [2.75, 3.05) is 7.11 Å². The minimum atomic E-state index is -0.791. The third kappa shape index (κ3) is 3.31. The first-order valence-corrected chi connectivity index (χ1v) is 11.8. The summed E-state index contributed by atoms with van der Waals surface area (Å²) >= 11 is 1.36. The Labute approximate surface area is 207 Å². The van der Waals surface area contributed by atoms with Crippen LogP contribution in [0.25, 0.3) is 31.7 Å². The van der Waals surface area contributed by atoms with Crippen LogP contribution in [0, 0.1) is 17.1 Å². The molecule has 4 heterocycles. The number of ether oxygens (including phenoxy) is 2. The first-order valence-electron chi connectivity index (χ1n) is 11.0. The van der Waals surface area contributed by atoms with Crippen molar-refractivity contribution in [1.29, 1.82) is 5.26 Å². The molecule has 7 nitrogen and oxygen atoms in total. The van der Waals surface area contributed by atoms with Crippen LogP contribution >= 0.6 is 11.3 Å². The average Bonchev–Trinajstić information content (AvgIpc) is 3.26. The molecule has 0 bridgehead atoms. The van der Waals surface area contributed by atoms with Crippen molar-refractivity contribution in [1.82, 2.24) is 9.97 Å². The fourth-order valence-electron chi connectivity index (χ4n) is 4.51. The second kappa shape index (κ2) is 8.22. The van der Waals surface area contributed by atoms with Crippen molar-refractivity contribution >= 4 is 31.8 Å². The van der Waals surface area contributed by atoms with Gasteiger partial charge in [0.1, 0.15) is 28.0 Å². The van der Waals surface area contributed by atoms with Gasteiger partial charge in [-0.1, -0.05) is 12.1 Å². The summed E-state index contributed by atoms with van der Waals surface area (Å²) in [7, 11) is 1.61. The van der Waals surface area contributed by atoms with E-state index in [1.54, 1.807) is 7.11 Å². The number of methoxy groups -OCH3 is 1. The van der Waals surface area contributed by atoms with Gasteiger partial charge < -0.3 is 20.2 Å². The number of nitrogens with one attached hydrogen (secondary N) is 1. The summed E-state index contributed by atoms with van der Waals surface area (Å²) in [6.07, 6.45) is 0. The standard InChI is InChI=1S/C27H17FN4O3S/c1-34-16-8-4-13(5-9-16)19-11-10-17-22-24(36-27(17)31-19)23-21(26(33)32-22)20(18(12-29)25(30)35-23)14-2-6-15(28)7-3-14/h2-11,20H,30H2,1H3,(H,32,33). The highest BCUT2D eigenvalue weighted by molar-refractivity contribution is 7.25. The zero-order valence-electron chi connectivity index (χ0n) is 18.8. The molecule has 0 aliphatic carbocycles. The molecule has 2 aromatic carbocycles. The highest BCUT2D eigenvalue weighted by atomic mass is 32.1. The van der Waals surface area contributed by atoms with Crippen molar-refractivity contribution in [2.24, 2.45) is 5.73 Å². The molecule has 36 heavy (non-hydrogen) atoms. The van der Waals surface area contributed by atoms with Gasteiger partial charge in [-0.2, -0.15) is 5.26 Å². The molecule has 1 aliphatic rings. The van der Waals surface area contributed by atoms with Crippen LogP contribution < -0.4 is 20.8 Å². The third-order valence-electron chi connectivity index (χ3n) is 6.25. The molecule has 0 fully saturated rings. The zero-order chi connectivity index (χ0) is 25.0. The number of hydrogen-bond donors (Lipinski definition) is 2. The Hall–Kier alpha value is -4.68. The van der Waals surface area contributed by atoms with Crippen LogP contribution in [-0.4, -0.2) is 17.1 Å². The molecule has 1 unspecified atom stereocenters. The fourth-order valence-corrected chi connectivity index (χ4v) is 5.64. The summed E-state index contributed by atoms with van der Waals surface area (Å²) in [4.78, 5) is 21.9. The van der Waals surface area contributed by atoms with E-state index in [1.165, 1.54) is 35.6 Å². The fraction of sp³-hybridized carbons (Fsp3) is 0.0741. The van der Waals surface area contributed by atoms with E-state index in [2.05, 4.69) is 11.1 Å². The zero-order valence-corrected chi connectivity index (χ0v) is 19.7. The number of rotatable bonds is 3. The van der Waals surface area contributed by atoms with Crippen molar-refractivity contribution in [3.05, 3.63) is 99.4 Å². The van der Waals surface area contributed by atoms with Crippen LogP contribution in [-0.2, 0) is 0 Å². The first kappa shape index (κ1) is 21.8. The number of hydrogen-bond acceptors (Lipinski definition) is 7. The van der Waals surface area contributed by atoms with Crippen molar-refractivity contribution in [3.8, 4) is 28.8 Å². The van der Waals surface area contributed by atoms with Crippen LogP contribution in [0.15, 0.2) is 76.9 Å². The second-order valence-electron chi connectivity index (χ2n) is 8.26. The minimum absolute atomic E-state index is 0.0874. The maximum absolute atomic E-state index is 13.6. The Morgan fingerprint density at radius 2 is 1.89 bits per heavy atom. The predicted octanol–water partition coefficient (Wildman–Crippen LogP) is 5.17. The second-order valence-corrected chi connectivity index (χ2v) is 9.26. The van der Waals surface area contributed by atoms with Crippen LogP contribution in [0.1, 0.15) is 17.0 Å². The molecule has 9 heteroatoms. The van der Waals surface area contributed by atoms with E-state index in [4.69, 9.17) is 20.2 Å². The average molecular weight is 497 g/mol. The van der Waals surface area contributed by atoms with Gasteiger partial charge in [0.25, 0.3) is 5.56 Å². The van der Waals surface area contributed by atoms with Gasteiger partial charge in [0, 0.05) is 10.9 Å². The van der Waals surface area contributed by atoms with Gasteiger partial charge in [0.2, 0.25) is 5.88 Å². The Morgan fingerprint density at radius 3 is 2.58 bits per heavy atom. The quantitative estimate of drug-likeness (QED) is 0.356. The number of nitriles is 1. The van der Waals surface area contributed by atoms with Gasteiger partial charge in [-0.25, -0.2) is 9.37 Å². The Balaban J connectivity index is 1.57. The van der Waals surface area contributed by atoms with Gasteiger partial charge in [-0.05, 0) is 54.1 Å². The number of aromatic nitrogens is 2. The molecule has 5 aromatic rings. The summed E-state index contributed by atoms with van der Waals surface area (Å²) in [5.41, 5.74) is 8.92. The third-order valence-corrected chi connectivity index (χ3v) is 7.35. The molecule has 0 amide bonds. The first-order chi connectivity index (χ1) is 17.5. The number of aromatic amines is 1. The minimum Gasteiger partial charge on any atom is -0.497 e. The maximum Gasteiger partial charge on any atom is 0.256 e. The van der Waals surface area contributed by atoms with Crippen LogP contribution in [0.5, 0.6) is 11.5 Å². The summed E-state index contributed by atoms with van der Waals surface area (Å²) in [5.74, 6) is -0.264. The molecule has 0 saturated heterocycles. The molecular weight excluding hydrogens is 479 g/mol. The molecule has 0 spiro atoms. The van der Waals surface area contributed by atoms with Crippen molar-refractivity contribution in [3.63, 3.8) is 0 Å². The van der Waals surface area contributed by atoms with Gasteiger partial charge in [0.15, 0.2) is 5.75 Å². The van der Waals surface area contributed by atoms with Gasteiger partial charge >= 0.3 is 0 Å². The molecule has 6 rings (SSSR count). The molecule has 1 aliphatic heterocycles. The number of nitrogens with zero attached hydrogens (tertiary/aromatic N) is 2. The highest BCUT2D eigenvalue weighted by Crippen LogP contribution is 2.46. The van der Waals surface area contributed by atoms with E-state index in [-0.39, 0.29) is 22.8 Å².